The highest BCUT2D eigenvalue weighted by Gasteiger charge is 2.22. The Bertz CT molecular complexity index is 1190. The summed E-state index contributed by atoms with van der Waals surface area (Å²) in [6, 6.07) is 15.7. The standard InChI is InChI=1S/C23H23FN4O2S/c24-31(29,30)14-12-26-22-9-8-20(19-6-2-1-3-7-19)15-21(22)23-10-13-28(27-23)17-18-5-4-11-25-16-18/h1-8,10-11,13,15-16,22,26H,9,12,14,17H2. The molecular formula is C23H23FN4O2S. The van der Waals surface area contributed by atoms with E-state index in [0.29, 0.717) is 13.0 Å². The van der Waals surface area contributed by atoms with Crippen LogP contribution in [-0.2, 0) is 16.8 Å². The van der Waals surface area contributed by atoms with Crippen molar-refractivity contribution in [3.63, 3.8) is 0 Å². The Labute approximate surface area is 181 Å². The fourth-order valence-electron chi connectivity index (χ4n) is 3.61. The minimum atomic E-state index is -4.51. The third-order valence-electron chi connectivity index (χ3n) is 5.11. The van der Waals surface area contributed by atoms with Crippen molar-refractivity contribution in [2.75, 3.05) is 12.3 Å². The summed E-state index contributed by atoms with van der Waals surface area (Å²) in [7, 11) is -4.51. The Balaban J connectivity index is 1.59. The molecule has 0 spiro atoms. The zero-order valence-electron chi connectivity index (χ0n) is 16.9. The quantitative estimate of drug-likeness (QED) is 0.545. The van der Waals surface area contributed by atoms with Crippen LogP contribution in [0.2, 0.25) is 0 Å². The summed E-state index contributed by atoms with van der Waals surface area (Å²) in [6.45, 7) is 0.631. The van der Waals surface area contributed by atoms with Crippen LogP contribution in [0.15, 0.2) is 79.3 Å². The lowest BCUT2D eigenvalue weighted by atomic mass is 9.89. The summed E-state index contributed by atoms with van der Waals surface area (Å²) in [6.07, 6.45) is 10.3. The van der Waals surface area contributed by atoms with Gasteiger partial charge in [-0.2, -0.15) is 13.5 Å². The van der Waals surface area contributed by atoms with Gasteiger partial charge in [0, 0.05) is 31.2 Å². The van der Waals surface area contributed by atoms with Crippen LogP contribution in [0.25, 0.3) is 11.1 Å². The molecule has 0 amide bonds. The van der Waals surface area contributed by atoms with E-state index < -0.39 is 16.0 Å². The van der Waals surface area contributed by atoms with Crippen molar-refractivity contribution >= 4 is 21.4 Å². The number of nitrogens with zero attached hydrogens (tertiary/aromatic N) is 3. The van der Waals surface area contributed by atoms with Crippen LogP contribution in [0.3, 0.4) is 0 Å². The van der Waals surface area contributed by atoms with Gasteiger partial charge in [0.2, 0.25) is 0 Å². The molecule has 0 fully saturated rings. The van der Waals surface area contributed by atoms with Gasteiger partial charge in [0.05, 0.1) is 18.0 Å². The first-order chi connectivity index (χ1) is 15.0. The van der Waals surface area contributed by atoms with Gasteiger partial charge in [-0.3, -0.25) is 9.67 Å². The van der Waals surface area contributed by atoms with E-state index in [1.165, 1.54) is 0 Å². The van der Waals surface area contributed by atoms with Crippen molar-refractivity contribution in [1.29, 1.82) is 0 Å². The third-order valence-corrected chi connectivity index (χ3v) is 5.80. The van der Waals surface area contributed by atoms with Crippen LogP contribution < -0.4 is 5.32 Å². The van der Waals surface area contributed by atoms with Gasteiger partial charge in [-0.15, -0.1) is 3.89 Å². The van der Waals surface area contributed by atoms with Crippen LogP contribution in [0.1, 0.15) is 23.2 Å². The molecule has 0 saturated carbocycles. The fraction of sp³-hybridized carbons (Fsp3) is 0.217. The van der Waals surface area contributed by atoms with E-state index in [-0.39, 0.29) is 12.6 Å². The molecule has 2 heterocycles. The first-order valence-corrected chi connectivity index (χ1v) is 11.6. The van der Waals surface area contributed by atoms with E-state index in [0.717, 1.165) is 28.0 Å². The molecule has 0 saturated heterocycles. The molecule has 0 bridgehead atoms. The zero-order chi connectivity index (χ0) is 21.7. The maximum absolute atomic E-state index is 12.9. The van der Waals surface area contributed by atoms with E-state index in [4.69, 9.17) is 5.10 Å². The average Bonchev–Trinajstić information content (AvgIpc) is 3.23. The molecular weight excluding hydrogens is 415 g/mol. The second kappa shape index (κ2) is 9.36. The summed E-state index contributed by atoms with van der Waals surface area (Å²) in [5, 5.41) is 7.89. The number of aromatic nitrogens is 3. The molecule has 1 aliphatic carbocycles. The van der Waals surface area contributed by atoms with Crippen molar-refractivity contribution < 1.29 is 12.3 Å². The molecule has 0 radical (unpaired) electrons. The Morgan fingerprint density at radius 1 is 1.13 bits per heavy atom. The van der Waals surface area contributed by atoms with Crippen molar-refractivity contribution in [3.8, 4) is 0 Å². The molecule has 1 unspecified atom stereocenters. The lowest BCUT2D eigenvalue weighted by Crippen LogP contribution is -2.34. The minimum Gasteiger partial charge on any atom is -0.308 e. The van der Waals surface area contributed by atoms with E-state index in [2.05, 4.69) is 22.5 Å². The SMILES string of the molecule is O=S(=O)(F)CCNC1CC=C(c2ccccc2)C=C1c1ccn(Cc2cccnc2)n1. The van der Waals surface area contributed by atoms with Gasteiger partial charge in [-0.05, 0) is 46.9 Å². The fourth-order valence-corrected chi connectivity index (χ4v) is 3.98. The van der Waals surface area contributed by atoms with Crippen molar-refractivity contribution in [3.05, 3.63) is 96.1 Å². The number of pyridine rings is 1. The maximum Gasteiger partial charge on any atom is 0.303 e. The van der Waals surface area contributed by atoms with Gasteiger partial charge in [-0.25, -0.2) is 0 Å². The second-order valence-corrected chi connectivity index (χ2v) is 8.86. The highest BCUT2D eigenvalue weighted by atomic mass is 32.3. The normalized spacial score (nSPS) is 16.6. The topological polar surface area (TPSA) is 76.9 Å². The molecule has 8 heteroatoms. The Morgan fingerprint density at radius 2 is 1.97 bits per heavy atom. The van der Waals surface area contributed by atoms with Gasteiger partial charge in [0.25, 0.3) is 0 Å². The smallest absolute Gasteiger partial charge is 0.303 e. The number of allylic oxidation sites excluding steroid dienone is 2. The van der Waals surface area contributed by atoms with E-state index in [1.54, 1.807) is 12.4 Å². The average molecular weight is 439 g/mol. The van der Waals surface area contributed by atoms with Gasteiger partial charge >= 0.3 is 10.2 Å². The molecule has 1 aromatic carbocycles. The van der Waals surface area contributed by atoms with E-state index in [1.807, 2.05) is 59.4 Å². The van der Waals surface area contributed by atoms with Gasteiger partial charge in [-0.1, -0.05) is 42.5 Å². The number of hydrogen-bond acceptors (Lipinski definition) is 5. The molecule has 3 aromatic rings. The van der Waals surface area contributed by atoms with Gasteiger partial charge < -0.3 is 5.32 Å². The maximum atomic E-state index is 12.9. The molecule has 160 valence electrons. The largest absolute Gasteiger partial charge is 0.308 e. The minimum absolute atomic E-state index is 0.0335. The molecule has 1 aliphatic rings. The molecule has 4 rings (SSSR count). The zero-order valence-corrected chi connectivity index (χ0v) is 17.7. The molecule has 1 atom stereocenters. The van der Waals surface area contributed by atoms with Crippen LogP contribution in [0, 0.1) is 0 Å². The third kappa shape index (κ3) is 5.74. The second-order valence-electron chi connectivity index (χ2n) is 7.37. The highest BCUT2D eigenvalue weighted by molar-refractivity contribution is 7.86. The Morgan fingerprint density at radius 3 is 2.71 bits per heavy atom. The summed E-state index contributed by atoms with van der Waals surface area (Å²) in [5.74, 6) is -0.554. The van der Waals surface area contributed by atoms with Crippen LogP contribution in [-0.4, -0.2) is 41.5 Å². The Kier molecular flexibility index (Phi) is 6.39. The number of benzene rings is 1. The molecule has 6 nitrogen and oxygen atoms in total. The van der Waals surface area contributed by atoms with E-state index >= 15 is 0 Å². The lowest BCUT2D eigenvalue weighted by Gasteiger charge is -2.24. The number of hydrogen-bond donors (Lipinski definition) is 1. The molecule has 0 aliphatic heterocycles. The highest BCUT2D eigenvalue weighted by Crippen LogP contribution is 2.30. The number of rotatable bonds is 8. The van der Waals surface area contributed by atoms with Crippen molar-refractivity contribution in [2.45, 2.75) is 19.0 Å². The molecule has 2 aromatic heterocycles. The van der Waals surface area contributed by atoms with Crippen molar-refractivity contribution in [1.82, 2.24) is 20.1 Å². The monoisotopic (exact) mass is 438 g/mol. The van der Waals surface area contributed by atoms with Crippen LogP contribution >= 0.6 is 0 Å². The Hall–Kier alpha value is -3.10. The number of nitrogens with one attached hydrogen (secondary N) is 1. The predicted molar refractivity (Wildman–Crippen MR) is 119 cm³/mol. The van der Waals surface area contributed by atoms with Crippen molar-refractivity contribution in [2.24, 2.45) is 0 Å². The lowest BCUT2D eigenvalue weighted by molar-refractivity contribution is 0.543. The predicted octanol–water partition coefficient (Wildman–Crippen LogP) is 3.45. The van der Waals surface area contributed by atoms with Crippen LogP contribution in [0.5, 0.6) is 0 Å². The molecule has 31 heavy (non-hydrogen) atoms. The van der Waals surface area contributed by atoms with Crippen LogP contribution in [0.4, 0.5) is 3.89 Å². The first-order valence-electron chi connectivity index (χ1n) is 10.0. The summed E-state index contributed by atoms with van der Waals surface area (Å²) >= 11 is 0. The summed E-state index contributed by atoms with van der Waals surface area (Å²) in [4.78, 5) is 4.14. The van der Waals surface area contributed by atoms with E-state index in [9.17, 15) is 12.3 Å². The number of halogens is 1. The van der Waals surface area contributed by atoms with Gasteiger partial charge in [0.1, 0.15) is 0 Å². The summed E-state index contributed by atoms with van der Waals surface area (Å²) < 4.78 is 36.6. The van der Waals surface area contributed by atoms with Gasteiger partial charge in [0.15, 0.2) is 0 Å². The first kappa shape index (κ1) is 21.1. The molecule has 1 N–H and O–H groups in total. The summed E-state index contributed by atoms with van der Waals surface area (Å²) in [5.41, 5.74) is 4.96.